The number of sulfonamides is 1. The number of rotatable bonds is 11. The highest BCUT2D eigenvalue weighted by molar-refractivity contribution is 7.92. The van der Waals surface area contributed by atoms with Gasteiger partial charge in [-0.3, -0.25) is 13.9 Å². The lowest BCUT2D eigenvalue weighted by Gasteiger charge is -2.33. The number of anilines is 1. The summed E-state index contributed by atoms with van der Waals surface area (Å²) in [6.45, 7) is 8.49. The van der Waals surface area contributed by atoms with Crippen LogP contribution < -0.4 is 9.62 Å². The fourth-order valence-corrected chi connectivity index (χ4v) is 6.09. The van der Waals surface area contributed by atoms with E-state index in [1.807, 2.05) is 27.7 Å². The van der Waals surface area contributed by atoms with Crippen LogP contribution in [0.25, 0.3) is 0 Å². The molecule has 0 fully saturated rings. The van der Waals surface area contributed by atoms with E-state index >= 15 is 0 Å². The molecular formula is C30H34Cl3N3O4S. The third-order valence-electron chi connectivity index (χ3n) is 7.02. The van der Waals surface area contributed by atoms with Crippen LogP contribution in [-0.2, 0) is 26.2 Å². The molecule has 3 aromatic carbocycles. The van der Waals surface area contributed by atoms with Crippen molar-refractivity contribution >= 4 is 62.3 Å². The first-order valence-corrected chi connectivity index (χ1v) is 15.7. The highest BCUT2D eigenvalue weighted by Crippen LogP contribution is 2.29. The minimum atomic E-state index is -4.21. The van der Waals surface area contributed by atoms with Crippen molar-refractivity contribution in [3.63, 3.8) is 0 Å². The van der Waals surface area contributed by atoms with Crippen LogP contribution in [0.2, 0.25) is 15.1 Å². The number of benzene rings is 3. The van der Waals surface area contributed by atoms with Gasteiger partial charge >= 0.3 is 0 Å². The Morgan fingerprint density at radius 2 is 1.51 bits per heavy atom. The van der Waals surface area contributed by atoms with E-state index in [4.69, 9.17) is 34.8 Å². The molecule has 41 heavy (non-hydrogen) atoms. The Kier molecular flexibility index (Phi) is 11.1. The number of halogens is 3. The van der Waals surface area contributed by atoms with Crippen molar-refractivity contribution in [3.05, 3.63) is 92.4 Å². The molecule has 0 aliphatic heterocycles. The minimum absolute atomic E-state index is 0.0313. The highest BCUT2D eigenvalue weighted by atomic mass is 35.5. The van der Waals surface area contributed by atoms with Gasteiger partial charge in [-0.1, -0.05) is 53.9 Å². The summed E-state index contributed by atoms with van der Waals surface area (Å²) in [6, 6.07) is 14.8. The Morgan fingerprint density at radius 1 is 0.902 bits per heavy atom. The second-order valence-electron chi connectivity index (χ2n) is 9.95. The van der Waals surface area contributed by atoms with Gasteiger partial charge in [0, 0.05) is 33.2 Å². The summed E-state index contributed by atoms with van der Waals surface area (Å²) in [7, 11) is -4.21. The fourth-order valence-electron chi connectivity index (χ4n) is 4.05. The van der Waals surface area contributed by atoms with Crippen molar-refractivity contribution in [1.82, 2.24) is 10.2 Å². The third-order valence-corrected chi connectivity index (χ3v) is 9.77. The predicted molar refractivity (Wildman–Crippen MR) is 166 cm³/mol. The monoisotopic (exact) mass is 637 g/mol. The van der Waals surface area contributed by atoms with Gasteiger partial charge in [0.25, 0.3) is 10.0 Å². The maximum absolute atomic E-state index is 14.1. The zero-order chi connectivity index (χ0) is 30.5. The molecule has 1 N–H and O–H groups in total. The van der Waals surface area contributed by atoms with Crippen LogP contribution in [0.3, 0.4) is 0 Å². The summed E-state index contributed by atoms with van der Waals surface area (Å²) in [6.07, 6.45) is 0.697. The number of nitrogens with one attached hydrogen (secondary N) is 1. The van der Waals surface area contributed by atoms with E-state index in [0.29, 0.717) is 32.7 Å². The van der Waals surface area contributed by atoms with Gasteiger partial charge in [-0.15, -0.1) is 0 Å². The first kappa shape index (κ1) is 32.7. The molecule has 11 heteroatoms. The topological polar surface area (TPSA) is 86.8 Å². The normalized spacial score (nSPS) is 12.9. The lowest BCUT2D eigenvalue weighted by atomic mass is 10.1. The van der Waals surface area contributed by atoms with Crippen LogP contribution in [0.5, 0.6) is 0 Å². The summed E-state index contributed by atoms with van der Waals surface area (Å²) in [5.74, 6) is -0.988. The highest BCUT2D eigenvalue weighted by Gasteiger charge is 2.33. The van der Waals surface area contributed by atoms with E-state index in [2.05, 4.69) is 5.32 Å². The number of hydrogen-bond donors (Lipinski definition) is 1. The molecule has 3 rings (SSSR count). The summed E-state index contributed by atoms with van der Waals surface area (Å²) in [4.78, 5) is 28.5. The maximum atomic E-state index is 14.1. The summed E-state index contributed by atoms with van der Waals surface area (Å²) < 4.78 is 28.9. The van der Waals surface area contributed by atoms with Crippen LogP contribution in [0.4, 0.5) is 5.69 Å². The quantitative estimate of drug-likeness (QED) is 0.251. The number of hydrogen-bond acceptors (Lipinski definition) is 4. The Hall–Kier alpha value is -2.78. The molecule has 2 atom stereocenters. The van der Waals surface area contributed by atoms with Crippen molar-refractivity contribution in [2.45, 2.75) is 64.6 Å². The SMILES string of the molecule is CC[C@H](C)NC(=O)[C@H](C)N(Cc1c(Cl)cccc1Cl)C(=O)CN(c1ccc(C)c(C)c1)S(=O)(=O)c1ccc(Cl)cc1. The van der Waals surface area contributed by atoms with Crippen LogP contribution in [0.1, 0.15) is 43.9 Å². The van der Waals surface area contributed by atoms with Crippen molar-refractivity contribution in [2.24, 2.45) is 0 Å². The number of amides is 2. The summed E-state index contributed by atoms with van der Waals surface area (Å²) in [5.41, 5.74) is 2.58. The first-order valence-electron chi connectivity index (χ1n) is 13.1. The van der Waals surface area contributed by atoms with Gasteiger partial charge in [0.2, 0.25) is 11.8 Å². The number of carbonyl (C=O) groups is 2. The molecule has 0 aromatic heterocycles. The average molecular weight is 639 g/mol. The smallest absolute Gasteiger partial charge is 0.264 e. The van der Waals surface area contributed by atoms with Crippen LogP contribution in [0, 0.1) is 13.8 Å². The molecule has 3 aromatic rings. The molecular weight excluding hydrogens is 605 g/mol. The van der Waals surface area contributed by atoms with Crippen LogP contribution in [0.15, 0.2) is 65.6 Å². The third kappa shape index (κ3) is 7.95. The molecule has 7 nitrogen and oxygen atoms in total. The zero-order valence-corrected chi connectivity index (χ0v) is 26.7. The maximum Gasteiger partial charge on any atom is 0.264 e. The lowest BCUT2D eigenvalue weighted by Crippen LogP contribution is -2.52. The summed E-state index contributed by atoms with van der Waals surface area (Å²) >= 11 is 18.9. The average Bonchev–Trinajstić information content (AvgIpc) is 2.92. The zero-order valence-electron chi connectivity index (χ0n) is 23.6. The summed E-state index contributed by atoms with van der Waals surface area (Å²) in [5, 5.41) is 3.92. The van der Waals surface area contributed by atoms with E-state index in [9.17, 15) is 18.0 Å². The van der Waals surface area contributed by atoms with E-state index in [1.54, 1.807) is 43.3 Å². The molecule has 0 unspecified atom stereocenters. The van der Waals surface area contributed by atoms with E-state index in [1.165, 1.54) is 29.2 Å². The van der Waals surface area contributed by atoms with Crippen LogP contribution >= 0.6 is 34.8 Å². The molecule has 0 heterocycles. The van der Waals surface area contributed by atoms with E-state index < -0.39 is 28.5 Å². The molecule has 0 aliphatic carbocycles. The molecule has 0 spiro atoms. The fraction of sp³-hybridized carbons (Fsp3) is 0.333. The number of carbonyl (C=O) groups excluding carboxylic acids is 2. The second kappa shape index (κ2) is 13.9. The number of aryl methyl sites for hydroxylation is 2. The Balaban J connectivity index is 2.09. The molecule has 2 amide bonds. The molecule has 220 valence electrons. The first-order chi connectivity index (χ1) is 19.3. The Bertz CT molecular complexity index is 1490. The predicted octanol–water partition coefficient (Wildman–Crippen LogP) is 6.79. The second-order valence-corrected chi connectivity index (χ2v) is 13.1. The van der Waals surface area contributed by atoms with Crippen molar-refractivity contribution in [1.29, 1.82) is 0 Å². The lowest BCUT2D eigenvalue weighted by molar-refractivity contribution is -0.139. The van der Waals surface area contributed by atoms with Gasteiger partial charge in [-0.2, -0.15) is 0 Å². The number of nitrogens with zero attached hydrogens (tertiary/aromatic N) is 2. The van der Waals surface area contributed by atoms with Gasteiger partial charge in [0.05, 0.1) is 10.6 Å². The molecule has 0 saturated carbocycles. The van der Waals surface area contributed by atoms with E-state index in [0.717, 1.165) is 15.4 Å². The van der Waals surface area contributed by atoms with Crippen molar-refractivity contribution < 1.29 is 18.0 Å². The van der Waals surface area contributed by atoms with Crippen molar-refractivity contribution in [2.75, 3.05) is 10.8 Å². The minimum Gasteiger partial charge on any atom is -0.352 e. The molecule has 0 radical (unpaired) electrons. The van der Waals surface area contributed by atoms with Gasteiger partial charge in [0.1, 0.15) is 12.6 Å². The van der Waals surface area contributed by atoms with Crippen LogP contribution in [-0.4, -0.2) is 43.8 Å². The molecule has 0 bridgehead atoms. The van der Waals surface area contributed by atoms with Crippen molar-refractivity contribution in [3.8, 4) is 0 Å². The van der Waals surface area contributed by atoms with Gasteiger partial charge in [-0.05, 0) is 93.8 Å². The van der Waals surface area contributed by atoms with E-state index in [-0.39, 0.29) is 23.4 Å². The van der Waals surface area contributed by atoms with Gasteiger partial charge in [-0.25, -0.2) is 8.42 Å². The Morgan fingerprint density at radius 3 is 2.07 bits per heavy atom. The largest absolute Gasteiger partial charge is 0.352 e. The standard InChI is InChI=1S/C30H34Cl3N3O4S/c1-6-21(4)34-30(38)22(5)35(17-26-27(32)8-7-9-28(26)33)29(37)18-36(24-13-10-19(2)20(3)16-24)41(39,40)25-14-11-23(31)12-15-25/h7-16,21-22H,6,17-18H2,1-5H3,(H,34,38)/t21-,22-/m0/s1. The van der Waals surface area contributed by atoms with Gasteiger partial charge < -0.3 is 10.2 Å². The molecule has 0 saturated heterocycles. The van der Waals surface area contributed by atoms with Gasteiger partial charge in [0.15, 0.2) is 0 Å². The Labute approximate surface area is 257 Å². The molecule has 0 aliphatic rings.